The largest absolute Gasteiger partial charge is 0.469 e. The van der Waals surface area contributed by atoms with Crippen molar-refractivity contribution in [3.05, 3.63) is 35.8 Å². The Morgan fingerprint density at radius 3 is 2.75 bits per heavy atom. The van der Waals surface area contributed by atoms with Crippen LogP contribution in [0.3, 0.4) is 0 Å². The second kappa shape index (κ2) is 8.46. The van der Waals surface area contributed by atoms with Crippen molar-refractivity contribution in [2.45, 2.75) is 38.5 Å². The lowest BCUT2D eigenvalue weighted by Gasteiger charge is -2.15. The van der Waals surface area contributed by atoms with E-state index >= 15 is 0 Å². The zero-order valence-electron chi connectivity index (χ0n) is 12.3. The van der Waals surface area contributed by atoms with Crippen LogP contribution in [0.4, 0.5) is 0 Å². The number of guanidine groups is 1. The number of nitrogens with zero attached hydrogens (tertiary/aromatic N) is 1. The summed E-state index contributed by atoms with van der Waals surface area (Å²) in [7, 11) is 1.81. The minimum Gasteiger partial charge on any atom is -0.469 e. The predicted molar refractivity (Wildman–Crippen MR) is 82.9 cm³/mol. The van der Waals surface area contributed by atoms with E-state index in [-0.39, 0.29) is 0 Å². The molecule has 0 unspecified atom stereocenters. The quantitative estimate of drug-likeness (QED) is 0.477. The van der Waals surface area contributed by atoms with Gasteiger partial charge in [0.25, 0.3) is 0 Å². The molecule has 0 aromatic carbocycles. The van der Waals surface area contributed by atoms with Crippen LogP contribution < -0.4 is 10.6 Å². The van der Waals surface area contributed by atoms with Gasteiger partial charge < -0.3 is 15.1 Å². The van der Waals surface area contributed by atoms with Crippen LogP contribution in [0.25, 0.3) is 0 Å². The molecule has 0 atom stereocenters. The van der Waals surface area contributed by atoms with E-state index in [9.17, 15) is 0 Å². The van der Waals surface area contributed by atoms with E-state index in [1.165, 1.54) is 25.7 Å². The summed E-state index contributed by atoms with van der Waals surface area (Å²) in [5, 5.41) is 6.67. The molecule has 2 rings (SSSR count). The number of rotatable bonds is 6. The molecule has 1 aromatic rings. The van der Waals surface area contributed by atoms with Crippen molar-refractivity contribution in [2.75, 3.05) is 20.1 Å². The first kappa shape index (κ1) is 14.7. The molecule has 0 fully saturated rings. The first-order chi connectivity index (χ1) is 9.88. The van der Waals surface area contributed by atoms with Crippen molar-refractivity contribution in [2.24, 2.45) is 4.99 Å². The number of nitrogens with one attached hydrogen (secondary N) is 2. The third kappa shape index (κ3) is 5.11. The highest BCUT2D eigenvalue weighted by Gasteiger charge is 2.04. The maximum atomic E-state index is 5.30. The van der Waals surface area contributed by atoms with Crippen molar-refractivity contribution >= 4 is 5.96 Å². The fourth-order valence-corrected chi connectivity index (χ4v) is 2.45. The zero-order chi connectivity index (χ0) is 14.0. The molecule has 20 heavy (non-hydrogen) atoms. The summed E-state index contributed by atoms with van der Waals surface area (Å²) in [5.41, 5.74) is 1.59. The third-order valence-corrected chi connectivity index (χ3v) is 3.59. The molecule has 4 heteroatoms. The van der Waals surface area contributed by atoms with Gasteiger partial charge in [0.1, 0.15) is 5.76 Å². The Balaban J connectivity index is 1.61. The van der Waals surface area contributed by atoms with E-state index in [4.69, 9.17) is 4.42 Å². The Morgan fingerprint density at radius 2 is 2.10 bits per heavy atom. The van der Waals surface area contributed by atoms with Crippen LogP contribution in [-0.4, -0.2) is 26.1 Å². The molecule has 110 valence electrons. The summed E-state index contributed by atoms with van der Waals surface area (Å²) in [6, 6.07) is 3.91. The molecule has 0 radical (unpaired) electrons. The summed E-state index contributed by atoms with van der Waals surface area (Å²) >= 11 is 0. The molecule has 0 spiro atoms. The maximum Gasteiger partial charge on any atom is 0.191 e. The highest BCUT2D eigenvalue weighted by Crippen LogP contribution is 2.19. The smallest absolute Gasteiger partial charge is 0.191 e. The first-order valence-corrected chi connectivity index (χ1v) is 7.53. The number of aliphatic imine (C=N–C) groups is 1. The summed E-state index contributed by atoms with van der Waals surface area (Å²) in [6.07, 6.45) is 11.3. The fourth-order valence-electron chi connectivity index (χ4n) is 2.45. The summed E-state index contributed by atoms with van der Waals surface area (Å²) < 4.78 is 5.30. The minimum absolute atomic E-state index is 0.829. The number of hydrogen-bond donors (Lipinski definition) is 2. The van der Waals surface area contributed by atoms with Crippen LogP contribution in [-0.2, 0) is 6.42 Å². The zero-order valence-corrected chi connectivity index (χ0v) is 12.3. The van der Waals surface area contributed by atoms with Crippen molar-refractivity contribution in [1.82, 2.24) is 10.6 Å². The molecule has 1 heterocycles. The van der Waals surface area contributed by atoms with Crippen LogP contribution in [0.15, 0.2) is 39.5 Å². The number of hydrogen-bond acceptors (Lipinski definition) is 2. The van der Waals surface area contributed by atoms with Gasteiger partial charge in [-0.1, -0.05) is 11.6 Å². The average molecular weight is 275 g/mol. The molecule has 1 aliphatic carbocycles. The topological polar surface area (TPSA) is 49.6 Å². The maximum absolute atomic E-state index is 5.30. The van der Waals surface area contributed by atoms with Crippen molar-refractivity contribution in [1.29, 1.82) is 0 Å². The first-order valence-electron chi connectivity index (χ1n) is 7.53. The van der Waals surface area contributed by atoms with Gasteiger partial charge in [-0.15, -0.1) is 0 Å². The molecule has 0 saturated heterocycles. The van der Waals surface area contributed by atoms with Crippen LogP contribution >= 0.6 is 0 Å². The van der Waals surface area contributed by atoms with E-state index in [1.807, 2.05) is 19.2 Å². The molecule has 0 aliphatic heterocycles. The predicted octanol–water partition coefficient (Wildman–Crippen LogP) is 2.88. The minimum atomic E-state index is 0.829. The SMILES string of the molecule is CN=C(NCCC1=CCCCC1)NCCc1ccco1. The standard InChI is InChI=1S/C16H25N3O/c1-17-16(19-12-10-15-8-5-13-20-15)18-11-9-14-6-3-2-4-7-14/h5-6,8,13H,2-4,7,9-12H2,1H3,(H2,17,18,19). The fraction of sp³-hybridized carbons (Fsp3) is 0.562. The van der Waals surface area contributed by atoms with E-state index in [1.54, 1.807) is 11.8 Å². The van der Waals surface area contributed by atoms with E-state index in [2.05, 4.69) is 21.7 Å². The second-order valence-electron chi connectivity index (χ2n) is 5.11. The lowest BCUT2D eigenvalue weighted by molar-refractivity contribution is 0.507. The van der Waals surface area contributed by atoms with Gasteiger partial charge in [0.05, 0.1) is 6.26 Å². The monoisotopic (exact) mass is 275 g/mol. The molecular weight excluding hydrogens is 250 g/mol. The Labute approximate surface area is 121 Å². The van der Waals surface area contributed by atoms with Crippen LogP contribution in [0, 0.1) is 0 Å². The van der Waals surface area contributed by atoms with Gasteiger partial charge in [0, 0.05) is 26.6 Å². The average Bonchev–Trinajstić information content (AvgIpc) is 3.00. The summed E-state index contributed by atoms with van der Waals surface area (Å²) in [5.74, 6) is 1.87. The van der Waals surface area contributed by atoms with Gasteiger partial charge in [-0.05, 0) is 44.2 Å². The van der Waals surface area contributed by atoms with Gasteiger partial charge >= 0.3 is 0 Å². The van der Waals surface area contributed by atoms with Gasteiger partial charge in [0.15, 0.2) is 5.96 Å². The second-order valence-corrected chi connectivity index (χ2v) is 5.11. The Bertz CT molecular complexity index is 435. The van der Waals surface area contributed by atoms with E-state index in [0.29, 0.717) is 0 Å². The van der Waals surface area contributed by atoms with Crippen molar-refractivity contribution < 1.29 is 4.42 Å². The molecule has 0 bridgehead atoms. The molecule has 1 aliphatic rings. The number of furan rings is 1. The van der Waals surface area contributed by atoms with Crippen LogP contribution in [0.5, 0.6) is 0 Å². The lowest BCUT2D eigenvalue weighted by atomic mass is 9.97. The molecule has 2 N–H and O–H groups in total. The Kier molecular flexibility index (Phi) is 6.21. The van der Waals surface area contributed by atoms with Gasteiger partial charge in [-0.3, -0.25) is 4.99 Å². The highest BCUT2D eigenvalue weighted by molar-refractivity contribution is 5.79. The highest BCUT2D eigenvalue weighted by atomic mass is 16.3. The molecule has 1 aromatic heterocycles. The van der Waals surface area contributed by atoms with Gasteiger partial charge in [-0.2, -0.15) is 0 Å². The van der Waals surface area contributed by atoms with Crippen LogP contribution in [0.2, 0.25) is 0 Å². The third-order valence-electron chi connectivity index (χ3n) is 3.59. The van der Waals surface area contributed by atoms with Crippen molar-refractivity contribution in [3.63, 3.8) is 0 Å². The van der Waals surface area contributed by atoms with Gasteiger partial charge in [0.2, 0.25) is 0 Å². The van der Waals surface area contributed by atoms with E-state index in [0.717, 1.165) is 37.7 Å². The molecule has 0 amide bonds. The van der Waals surface area contributed by atoms with E-state index < -0.39 is 0 Å². The summed E-state index contributed by atoms with van der Waals surface area (Å²) in [6.45, 7) is 1.78. The lowest BCUT2D eigenvalue weighted by Crippen LogP contribution is -2.38. The van der Waals surface area contributed by atoms with Gasteiger partial charge in [-0.25, -0.2) is 0 Å². The molecule has 4 nitrogen and oxygen atoms in total. The number of allylic oxidation sites excluding steroid dienone is 1. The molecular formula is C16H25N3O. The van der Waals surface area contributed by atoms with Crippen LogP contribution in [0.1, 0.15) is 37.9 Å². The molecule has 0 saturated carbocycles. The summed E-state index contributed by atoms with van der Waals surface area (Å²) in [4.78, 5) is 4.23. The Morgan fingerprint density at radius 1 is 1.25 bits per heavy atom. The Hall–Kier alpha value is -1.71. The van der Waals surface area contributed by atoms with Crippen molar-refractivity contribution in [3.8, 4) is 0 Å². The normalized spacial score (nSPS) is 15.8.